The Bertz CT molecular complexity index is 342. The van der Waals surface area contributed by atoms with Crippen molar-refractivity contribution in [3.8, 4) is 0 Å². The first kappa shape index (κ1) is 12.5. The van der Waals surface area contributed by atoms with Crippen LogP contribution in [0.5, 0.6) is 0 Å². The van der Waals surface area contributed by atoms with E-state index in [-0.39, 0.29) is 13.2 Å². The SMILES string of the molecule is OC[C@H]1OC(O)[C@H](OCc2ccccc2)[C@@H]1O. The Morgan fingerprint density at radius 1 is 1.18 bits per heavy atom. The Hall–Kier alpha value is -0.980. The molecule has 1 aliphatic rings. The summed E-state index contributed by atoms with van der Waals surface area (Å²) < 4.78 is 10.4. The molecule has 5 heteroatoms. The van der Waals surface area contributed by atoms with Gasteiger partial charge in [0.2, 0.25) is 0 Å². The zero-order valence-electron chi connectivity index (χ0n) is 9.27. The molecule has 0 aliphatic carbocycles. The molecule has 17 heavy (non-hydrogen) atoms. The van der Waals surface area contributed by atoms with E-state index in [1.807, 2.05) is 30.3 Å². The van der Waals surface area contributed by atoms with Gasteiger partial charge in [-0.15, -0.1) is 0 Å². The third-order valence-corrected chi connectivity index (χ3v) is 2.78. The molecule has 1 aromatic rings. The van der Waals surface area contributed by atoms with E-state index >= 15 is 0 Å². The average Bonchev–Trinajstić information content (AvgIpc) is 2.63. The number of benzene rings is 1. The molecular weight excluding hydrogens is 224 g/mol. The summed E-state index contributed by atoms with van der Waals surface area (Å²) in [5.41, 5.74) is 0.944. The molecule has 0 radical (unpaired) electrons. The number of aliphatic hydroxyl groups is 3. The molecule has 1 aromatic carbocycles. The molecule has 1 unspecified atom stereocenters. The van der Waals surface area contributed by atoms with E-state index < -0.39 is 24.6 Å². The molecular formula is C12H16O5. The molecule has 94 valence electrons. The van der Waals surface area contributed by atoms with Gasteiger partial charge < -0.3 is 24.8 Å². The Labute approximate surface area is 99.2 Å². The molecule has 1 heterocycles. The van der Waals surface area contributed by atoms with Gasteiger partial charge in [0, 0.05) is 0 Å². The number of hydrogen-bond donors (Lipinski definition) is 3. The van der Waals surface area contributed by atoms with Crippen LogP contribution in [0.3, 0.4) is 0 Å². The van der Waals surface area contributed by atoms with Crippen molar-refractivity contribution in [3.63, 3.8) is 0 Å². The summed E-state index contributed by atoms with van der Waals surface area (Å²) >= 11 is 0. The van der Waals surface area contributed by atoms with Gasteiger partial charge >= 0.3 is 0 Å². The van der Waals surface area contributed by atoms with E-state index in [0.29, 0.717) is 0 Å². The van der Waals surface area contributed by atoms with Crippen LogP contribution >= 0.6 is 0 Å². The molecule has 2 rings (SSSR count). The maximum absolute atomic E-state index is 9.73. The first-order chi connectivity index (χ1) is 8.22. The van der Waals surface area contributed by atoms with E-state index in [4.69, 9.17) is 14.6 Å². The lowest BCUT2D eigenvalue weighted by Gasteiger charge is -2.17. The monoisotopic (exact) mass is 240 g/mol. The van der Waals surface area contributed by atoms with Crippen molar-refractivity contribution in [2.45, 2.75) is 31.2 Å². The Kier molecular flexibility index (Phi) is 4.09. The van der Waals surface area contributed by atoms with Crippen molar-refractivity contribution in [1.82, 2.24) is 0 Å². The maximum atomic E-state index is 9.73. The summed E-state index contributed by atoms with van der Waals surface area (Å²) in [5, 5.41) is 28.2. The zero-order valence-corrected chi connectivity index (χ0v) is 9.27. The Morgan fingerprint density at radius 2 is 1.88 bits per heavy atom. The van der Waals surface area contributed by atoms with Crippen molar-refractivity contribution < 1.29 is 24.8 Å². The van der Waals surface area contributed by atoms with E-state index in [1.54, 1.807) is 0 Å². The van der Waals surface area contributed by atoms with Crippen molar-refractivity contribution >= 4 is 0 Å². The van der Waals surface area contributed by atoms with Gasteiger partial charge in [-0.05, 0) is 5.56 Å². The minimum atomic E-state index is -1.20. The number of ether oxygens (including phenoxy) is 2. The molecule has 1 aliphatic heterocycles. The average molecular weight is 240 g/mol. The quantitative estimate of drug-likeness (QED) is 0.670. The Balaban J connectivity index is 1.91. The molecule has 4 atom stereocenters. The predicted octanol–water partition coefficient (Wildman–Crippen LogP) is -0.358. The molecule has 0 bridgehead atoms. The molecule has 0 spiro atoms. The van der Waals surface area contributed by atoms with Crippen molar-refractivity contribution in [1.29, 1.82) is 0 Å². The largest absolute Gasteiger partial charge is 0.394 e. The normalized spacial score (nSPS) is 32.9. The molecule has 0 amide bonds. The molecule has 0 saturated carbocycles. The zero-order chi connectivity index (χ0) is 12.3. The fraction of sp³-hybridized carbons (Fsp3) is 0.500. The number of hydrogen-bond acceptors (Lipinski definition) is 5. The van der Waals surface area contributed by atoms with Crippen LogP contribution in [-0.2, 0) is 16.1 Å². The van der Waals surface area contributed by atoms with Crippen LogP contribution in [0.1, 0.15) is 5.56 Å². The van der Waals surface area contributed by atoms with Gasteiger partial charge in [-0.25, -0.2) is 0 Å². The Morgan fingerprint density at radius 3 is 2.47 bits per heavy atom. The smallest absolute Gasteiger partial charge is 0.184 e. The van der Waals surface area contributed by atoms with E-state index in [2.05, 4.69) is 0 Å². The summed E-state index contributed by atoms with van der Waals surface area (Å²) in [6.45, 7) is -0.0649. The van der Waals surface area contributed by atoms with Gasteiger partial charge in [0.15, 0.2) is 6.29 Å². The fourth-order valence-electron chi connectivity index (χ4n) is 1.82. The number of rotatable bonds is 4. The molecule has 3 N–H and O–H groups in total. The highest BCUT2D eigenvalue weighted by Crippen LogP contribution is 2.23. The summed E-state index contributed by atoms with van der Waals surface area (Å²) in [6.07, 6.45) is -3.83. The lowest BCUT2D eigenvalue weighted by Crippen LogP contribution is -2.36. The predicted molar refractivity (Wildman–Crippen MR) is 59.0 cm³/mol. The van der Waals surface area contributed by atoms with Gasteiger partial charge in [0.25, 0.3) is 0 Å². The highest BCUT2D eigenvalue weighted by molar-refractivity contribution is 5.13. The van der Waals surface area contributed by atoms with Crippen LogP contribution in [0.25, 0.3) is 0 Å². The van der Waals surface area contributed by atoms with E-state index in [1.165, 1.54) is 0 Å². The minimum absolute atomic E-state index is 0.279. The second kappa shape index (κ2) is 5.57. The summed E-state index contributed by atoms with van der Waals surface area (Å²) in [6, 6.07) is 9.43. The first-order valence-corrected chi connectivity index (χ1v) is 5.50. The van der Waals surface area contributed by atoms with Gasteiger partial charge in [-0.2, -0.15) is 0 Å². The van der Waals surface area contributed by atoms with E-state index in [9.17, 15) is 10.2 Å². The lowest BCUT2D eigenvalue weighted by atomic mass is 10.1. The summed E-state index contributed by atoms with van der Waals surface area (Å²) in [7, 11) is 0. The van der Waals surface area contributed by atoms with Crippen LogP contribution in [-0.4, -0.2) is 46.5 Å². The second-order valence-electron chi connectivity index (χ2n) is 4.00. The lowest BCUT2D eigenvalue weighted by molar-refractivity contribution is -0.150. The first-order valence-electron chi connectivity index (χ1n) is 5.50. The third-order valence-electron chi connectivity index (χ3n) is 2.78. The minimum Gasteiger partial charge on any atom is -0.394 e. The van der Waals surface area contributed by atoms with Crippen molar-refractivity contribution in [2.24, 2.45) is 0 Å². The van der Waals surface area contributed by atoms with Crippen molar-refractivity contribution in [2.75, 3.05) is 6.61 Å². The molecule has 1 saturated heterocycles. The van der Waals surface area contributed by atoms with Crippen LogP contribution in [0.2, 0.25) is 0 Å². The topological polar surface area (TPSA) is 79.2 Å². The molecule has 1 fully saturated rings. The van der Waals surface area contributed by atoms with Gasteiger partial charge in [-0.3, -0.25) is 0 Å². The number of aliphatic hydroxyl groups excluding tert-OH is 3. The van der Waals surface area contributed by atoms with Gasteiger partial charge in [0.1, 0.15) is 18.3 Å². The molecule has 0 aromatic heterocycles. The highest BCUT2D eigenvalue weighted by atomic mass is 16.7. The van der Waals surface area contributed by atoms with Crippen LogP contribution in [0.4, 0.5) is 0 Å². The summed E-state index contributed by atoms with van der Waals surface area (Å²) in [5.74, 6) is 0. The van der Waals surface area contributed by atoms with Crippen LogP contribution < -0.4 is 0 Å². The van der Waals surface area contributed by atoms with Crippen LogP contribution in [0, 0.1) is 0 Å². The standard InChI is InChI=1S/C12H16O5/c13-6-9-10(14)11(12(15)17-9)16-7-8-4-2-1-3-5-8/h1-5,9-15H,6-7H2/t9-,10-,11-,12?/m1/s1. The van der Waals surface area contributed by atoms with Gasteiger partial charge in [0.05, 0.1) is 13.2 Å². The maximum Gasteiger partial charge on any atom is 0.184 e. The highest BCUT2D eigenvalue weighted by Gasteiger charge is 2.43. The van der Waals surface area contributed by atoms with Crippen molar-refractivity contribution in [3.05, 3.63) is 35.9 Å². The summed E-state index contributed by atoms with van der Waals surface area (Å²) in [4.78, 5) is 0. The van der Waals surface area contributed by atoms with E-state index in [0.717, 1.165) is 5.56 Å². The fourth-order valence-corrected chi connectivity index (χ4v) is 1.82. The second-order valence-corrected chi connectivity index (χ2v) is 4.00. The third kappa shape index (κ3) is 2.83. The molecule has 5 nitrogen and oxygen atoms in total. The van der Waals surface area contributed by atoms with Crippen LogP contribution in [0.15, 0.2) is 30.3 Å². The van der Waals surface area contributed by atoms with Gasteiger partial charge in [-0.1, -0.05) is 30.3 Å².